The lowest BCUT2D eigenvalue weighted by molar-refractivity contribution is 0.0526. The number of hydrogen-bond acceptors (Lipinski definition) is 7. The average molecular weight is 397 g/mol. The molecule has 7 nitrogen and oxygen atoms in total. The first kappa shape index (κ1) is 19.6. The molecular weight excluding hydrogens is 378 g/mol. The second-order valence-electron chi connectivity index (χ2n) is 5.83. The molecule has 0 fully saturated rings. The van der Waals surface area contributed by atoms with Crippen LogP contribution in [0.1, 0.15) is 39.1 Å². The van der Waals surface area contributed by atoms with Crippen LogP contribution < -0.4 is 5.32 Å². The summed E-state index contributed by atoms with van der Waals surface area (Å²) in [6.45, 7) is 3.85. The fraction of sp³-hybridized carbons (Fsp3) is 0.200. The maximum atomic E-state index is 12.7. The van der Waals surface area contributed by atoms with E-state index < -0.39 is 5.97 Å². The summed E-state index contributed by atoms with van der Waals surface area (Å²) in [5.41, 5.74) is 2.10. The molecule has 0 radical (unpaired) electrons. The minimum Gasteiger partial charge on any atom is -0.462 e. The Kier molecular flexibility index (Phi) is 6.44. The van der Waals surface area contributed by atoms with Crippen LogP contribution in [0.25, 0.3) is 0 Å². The zero-order chi connectivity index (χ0) is 19.9. The third-order valence-electron chi connectivity index (χ3n) is 3.68. The maximum absolute atomic E-state index is 12.7. The van der Waals surface area contributed by atoms with Crippen molar-refractivity contribution in [2.24, 2.45) is 0 Å². The molecule has 0 aliphatic rings. The number of nitrogens with one attached hydrogen (secondary N) is 1. The topological polar surface area (TPSA) is 94.3 Å². The summed E-state index contributed by atoms with van der Waals surface area (Å²) in [5.74, 6) is 0.524. The molecule has 0 saturated carbocycles. The smallest absolute Gasteiger partial charge is 0.338 e. The summed E-state index contributed by atoms with van der Waals surface area (Å²) in [7, 11) is 0. The van der Waals surface area contributed by atoms with Crippen molar-refractivity contribution in [1.29, 1.82) is 0 Å². The lowest BCUT2D eigenvalue weighted by Gasteiger charge is -2.09. The Labute approximate surface area is 166 Å². The van der Waals surface area contributed by atoms with Gasteiger partial charge in [-0.05, 0) is 44.2 Å². The monoisotopic (exact) mass is 397 g/mol. The van der Waals surface area contributed by atoms with E-state index in [4.69, 9.17) is 9.26 Å². The minimum atomic E-state index is -0.431. The fourth-order valence-electron chi connectivity index (χ4n) is 2.44. The van der Waals surface area contributed by atoms with E-state index >= 15 is 0 Å². The zero-order valence-electron chi connectivity index (χ0n) is 15.5. The van der Waals surface area contributed by atoms with Crippen LogP contribution in [0.15, 0.2) is 58.2 Å². The van der Waals surface area contributed by atoms with Gasteiger partial charge < -0.3 is 14.6 Å². The summed E-state index contributed by atoms with van der Waals surface area (Å²) in [6.07, 6.45) is 1.63. The van der Waals surface area contributed by atoms with Gasteiger partial charge in [-0.1, -0.05) is 23.0 Å². The molecule has 1 amide bonds. The third kappa shape index (κ3) is 4.98. The Morgan fingerprint density at radius 3 is 2.82 bits per heavy atom. The van der Waals surface area contributed by atoms with Gasteiger partial charge in [0.1, 0.15) is 10.8 Å². The summed E-state index contributed by atoms with van der Waals surface area (Å²) in [4.78, 5) is 28.9. The highest BCUT2D eigenvalue weighted by molar-refractivity contribution is 7.98. The van der Waals surface area contributed by atoms with Crippen molar-refractivity contribution in [2.75, 3.05) is 11.9 Å². The Morgan fingerprint density at radius 2 is 2.07 bits per heavy atom. The van der Waals surface area contributed by atoms with E-state index in [2.05, 4.69) is 15.5 Å². The number of aromatic nitrogens is 2. The van der Waals surface area contributed by atoms with Crippen molar-refractivity contribution in [2.45, 2.75) is 24.6 Å². The molecule has 3 rings (SSSR count). The van der Waals surface area contributed by atoms with E-state index in [1.165, 1.54) is 11.8 Å². The Balaban J connectivity index is 1.72. The molecule has 1 aromatic carbocycles. The van der Waals surface area contributed by atoms with Crippen molar-refractivity contribution >= 4 is 29.3 Å². The van der Waals surface area contributed by atoms with Crippen LogP contribution in [-0.4, -0.2) is 28.6 Å². The van der Waals surface area contributed by atoms with Crippen LogP contribution in [0.5, 0.6) is 0 Å². The molecule has 1 N–H and O–H groups in total. The van der Waals surface area contributed by atoms with E-state index in [1.54, 1.807) is 49.5 Å². The normalized spacial score (nSPS) is 10.5. The van der Waals surface area contributed by atoms with Gasteiger partial charge in [-0.15, -0.1) is 0 Å². The highest BCUT2D eigenvalue weighted by Crippen LogP contribution is 2.25. The number of anilines is 1. The van der Waals surface area contributed by atoms with Crippen molar-refractivity contribution in [3.05, 3.63) is 71.2 Å². The standard InChI is InChI=1S/C20H19N3O4S/c1-3-26-20(25)14-6-4-7-15(11-14)22-18(24)17-8-5-9-21-19(17)28-12-16-10-13(2)27-23-16/h4-11H,3,12H2,1-2H3,(H,22,24). The Bertz CT molecular complexity index is 987. The molecule has 0 bridgehead atoms. The molecule has 3 aromatic rings. The number of pyridine rings is 1. The Hall–Kier alpha value is -3.13. The quantitative estimate of drug-likeness (QED) is 0.474. The number of thioether (sulfide) groups is 1. The van der Waals surface area contributed by atoms with Gasteiger partial charge in [-0.2, -0.15) is 0 Å². The number of esters is 1. The molecule has 8 heteroatoms. The number of carbonyl (C=O) groups is 2. The average Bonchev–Trinajstić information content (AvgIpc) is 3.12. The number of hydrogen-bond donors (Lipinski definition) is 1. The lowest BCUT2D eigenvalue weighted by atomic mass is 10.2. The van der Waals surface area contributed by atoms with Gasteiger partial charge in [0.2, 0.25) is 0 Å². The minimum absolute atomic E-state index is 0.288. The highest BCUT2D eigenvalue weighted by Gasteiger charge is 2.15. The largest absolute Gasteiger partial charge is 0.462 e. The van der Waals surface area contributed by atoms with E-state index in [9.17, 15) is 9.59 Å². The maximum Gasteiger partial charge on any atom is 0.338 e. The van der Waals surface area contributed by atoms with Crippen molar-refractivity contribution in [3.63, 3.8) is 0 Å². The van der Waals surface area contributed by atoms with Gasteiger partial charge >= 0.3 is 5.97 Å². The van der Waals surface area contributed by atoms with Gasteiger partial charge in [0.15, 0.2) is 0 Å². The zero-order valence-corrected chi connectivity index (χ0v) is 16.3. The van der Waals surface area contributed by atoms with E-state index in [0.29, 0.717) is 27.6 Å². The molecule has 0 spiro atoms. The number of aryl methyl sites for hydroxylation is 1. The van der Waals surface area contributed by atoms with E-state index in [-0.39, 0.29) is 12.5 Å². The first-order valence-electron chi connectivity index (χ1n) is 8.65. The third-order valence-corrected chi connectivity index (χ3v) is 4.72. The van der Waals surface area contributed by atoms with Gasteiger partial charge in [0.25, 0.3) is 5.91 Å². The SMILES string of the molecule is CCOC(=O)c1cccc(NC(=O)c2cccnc2SCc2cc(C)on2)c1. The predicted molar refractivity (Wildman–Crippen MR) is 105 cm³/mol. The van der Waals surface area contributed by atoms with Crippen LogP contribution in [-0.2, 0) is 10.5 Å². The van der Waals surface area contributed by atoms with Crippen LogP contribution in [0.2, 0.25) is 0 Å². The molecule has 0 atom stereocenters. The van der Waals surface area contributed by atoms with Crippen LogP contribution in [0.4, 0.5) is 5.69 Å². The molecule has 144 valence electrons. The number of carbonyl (C=O) groups excluding carboxylic acids is 2. The van der Waals surface area contributed by atoms with Crippen LogP contribution in [0, 0.1) is 6.92 Å². The summed E-state index contributed by atoms with van der Waals surface area (Å²) >= 11 is 1.40. The second kappa shape index (κ2) is 9.18. The predicted octanol–water partition coefficient (Wildman–Crippen LogP) is 4.10. The second-order valence-corrected chi connectivity index (χ2v) is 6.79. The van der Waals surface area contributed by atoms with Gasteiger partial charge in [-0.25, -0.2) is 9.78 Å². The number of rotatable bonds is 7. The van der Waals surface area contributed by atoms with Gasteiger partial charge in [0.05, 0.1) is 23.4 Å². The molecular formula is C20H19N3O4S. The number of ether oxygens (including phenoxy) is 1. The van der Waals surface area contributed by atoms with E-state index in [1.807, 2.05) is 13.0 Å². The summed E-state index contributed by atoms with van der Waals surface area (Å²) in [5, 5.41) is 7.34. The summed E-state index contributed by atoms with van der Waals surface area (Å²) in [6, 6.07) is 11.9. The van der Waals surface area contributed by atoms with Crippen molar-refractivity contribution in [3.8, 4) is 0 Å². The highest BCUT2D eigenvalue weighted by atomic mass is 32.2. The number of amides is 1. The van der Waals surface area contributed by atoms with Gasteiger partial charge in [-0.3, -0.25) is 4.79 Å². The van der Waals surface area contributed by atoms with Crippen LogP contribution in [0.3, 0.4) is 0 Å². The fourth-order valence-corrected chi connectivity index (χ4v) is 3.32. The van der Waals surface area contributed by atoms with Crippen LogP contribution >= 0.6 is 11.8 Å². The van der Waals surface area contributed by atoms with Crippen molar-refractivity contribution < 1.29 is 18.8 Å². The number of benzene rings is 1. The van der Waals surface area contributed by atoms with Crippen molar-refractivity contribution in [1.82, 2.24) is 10.1 Å². The molecule has 0 saturated heterocycles. The first-order valence-corrected chi connectivity index (χ1v) is 9.64. The molecule has 0 aliphatic carbocycles. The molecule has 2 aromatic heterocycles. The number of nitrogens with zero attached hydrogens (tertiary/aromatic N) is 2. The molecule has 0 aliphatic heterocycles. The lowest BCUT2D eigenvalue weighted by Crippen LogP contribution is -2.14. The van der Waals surface area contributed by atoms with E-state index in [0.717, 1.165) is 11.5 Å². The van der Waals surface area contributed by atoms with Gasteiger partial charge in [0, 0.05) is 23.7 Å². The first-order chi connectivity index (χ1) is 13.6. The molecule has 28 heavy (non-hydrogen) atoms. The molecule has 2 heterocycles. The Morgan fingerprint density at radius 1 is 1.21 bits per heavy atom. The molecule has 0 unspecified atom stereocenters. The summed E-state index contributed by atoms with van der Waals surface area (Å²) < 4.78 is 10.0.